The van der Waals surface area contributed by atoms with Crippen LogP contribution in [0.3, 0.4) is 0 Å². The minimum Gasteiger partial charge on any atom is -0.361 e. The predicted molar refractivity (Wildman–Crippen MR) is 137 cm³/mol. The third-order valence-corrected chi connectivity index (χ3v) is 6.95. The van der Waals surface area contributed by atoms with Gasteiger partial charge in [-0.05, 0) is 26.0 Å². The summed E-state index contributed by atoms with van der Waals surface area (Å²) < 4.78 is 0. The monoisotopic (exact) mass is 466 g/mol. The van der Waals surface area contributed by atoms with Crippen molar-refractivity contribution in [1.29, 1.82) is 0 Å². The number of para-hydroxylation sites is 2. The molecule has 4 heterocycles. The second-order valence-electron chi connectivity index (χ2n) is 9.29. The molecule has 2 aliphatic heterocycles. The van der Waals surface area contributed by atoms with Crippen molar-refractivity contribution in [2.75, 3.05) is 31.1 Å². The van der Waals surface area contributed by atoms with Gasteiger partial charge in [-0.25, -0.2) is 9.97 Å². The van der Waals surface area contributed by atoms with Crippen LogP contribution in [0.4, 0.5) is 5.95 Å². The number of rotatable bonds is 4. The minimum atomic E-state index is -0.435. The van der Waals surface area contributed by atoms with Crippen LogP contribution in [0.5, 0.6) is 0 Å². The van der Waals surface area contributed by atoms with Gasteiger partial charge in [-0.3, -0.25) is 19.8 Å². The Hall–Kier alpha value is -4.04. The molecule has 0 spiro atoms. The summed E-state index contributed by atoms with van der Waals surface area (Å²) in [5.41, 5.74) is 3.45. The summed E-state index contributed by atoms with van der Waals surface area (Å²) in [5.74, 6) is -0.265. The Morgan fingerprint density at radius 1 is 0.829 bits per heavy atom. The van der Waals surface area contributed by atoms with Crippen molar-refractivity contribution in [1.82, 2.24) is 25.2 Å². The normalized spacial score (nSPS) is 17.3. The molecule has 2 aliphatic rings. The van der Waals surface area contributed by atoms with Crippen LogP contribution >= 0.6 is 0 Å². The van der Waals surface area contributed by atoms with Gasteiger partial charge < -0.3 is 9.88 Å². The molecule has 0 unspecified atom stereocenters. The van der Waals surface area contributed by atoms with E-state index in [4.69, 9.17) is 9.97 Å². The highest BCUT2D eigenvalue weighted by atomic mass is 16.2. The Morgan fingerprint density at radius 2 is 1.51 bits per heavy atom. The lowest BCUT2D eigenvalue weighted by Crippen LogP contribution is -2.49. The van der Waals surface area contributed by atoms with Crippen LogP contribution < -0.4 is 10.2 Å². The molecule has 8 nitrogen and oxygen atoms in total. The van der Waals surface area contributed by atoms with Crippen molar-refractivity contribution in [2.24, 2.45) is 0 Å². The summed E-state index contributed by atoms with van der Waals surface area (Å²) in [7, 11) is 0. The number of carbonyl (C=O) groups is 2. The van der Waals surface area contributed by atoms with Gasteiger partial charge in [0.2, 0.25) is 5.95 Å². The van der Waals surface area contributed by atoms with Crippen LogP contribution in [-0.4, -0.2) is 63.9 Å². The number of anilines is 1. The van der Waals surface area contributed by atoms with E-state index in [9.17, 15) is 9.59 Å². The van der Waals surface area contributed by atoms with E-state index in [-0.39, 0.29) is 0 Å². The van der Waals surface area contributed by atoms with Gasteiger partial charge in [-0.2, -0.15) is 0 Å². The lowest BCUT2D eigenvalue weighted by molar-refractivity contribution is -0.122. The van der Waals surface area contributed by atoms with Crippen molar-refractivity contribution in [3.05, 3.63) is 66.0 Å². The van der Waals surface area contributed by atoms with E-state index in [1.165, 1.54) is 0 Å². The van der Waals surface area contributed by atoms with E-state index in [0.717, 1.165) is 48.0 Å². The molecule has 0 radical (unpaired) electrons. The third-order valence-electron chi connectivity index (χ3n) is 6.95. The fourth-order valence-corrected chi connectivity index (χ4v) is 5.05. The number of imide groups is 1. The Labute approximate surface area is 202 Å². The highest BCUT2D eigenvalue weighted by Crippen LogP contribution is 2.37. The van der Waals surface area contributed by atoms with Crippen LogP contribution in [-0.2, 0) is 9.59 Å². The van der Waals surface area contributed by atoms with Crippen LogP contribution in [0, 0.1) is 0 Å². The molecule has 1 fully saturated rings. The number of hydrogen-bond donors (Lipinski definition) is 2. The predicted octanol–water partition coefficient (Wildman–Crippen LogP) is 3.21. The number of fused-ring (bicyclic) bond motifs is 2. The molecule has 2 aromatic carbocycles. The van der Waals surface area contributed by atoms with Crippen molar-refractivity contribution in [2.45, 2.75) is 19.9 Å². The van der Waals surface area contributed by atoms with Gasteiger partial charge in [-0.1, -0.05) is 36.4 Å². The first-order valence-corrected chi connectivity index (χ1v) is 11.9. The van der Waals surface area contributed by atoms with E-state index >= 15 is 0 Å². The van der Waals surface area contributed by atoms with Gasteiger partial charge in [0.15, 0.2) is 0 Å². The molecule has 0 atom stereocenters. The number of aromatic nitrogens is 3. The smallest absolute Gasteiger partial charge is 0.261 e. The molecule has 1 saturated heterocycles. The van der Waals surface area contributed by atoms with Gasteiger partial charge in [0, 0.05) is 60.3 Å². The van der Waals surface area contributed by atoms with E-state index in [0.29, 0.717) is 34.4 Å². The first-order chi connectivity index (χ1) is 17.0. The standard InChI is InChI=1S/C27H26N6O2/c1-16(2)32-11-13-33(14-12-32)27-29-21-10-6-4-8-18(21)24(30-27)23-22(25(34)31-26(23)35)19-15-28-20-9-5-3-7-17(19)20/h3-10,15-16,28H,11-14H2,1-2H3,(H,31,34,35). The zero-order valence-corrected chi connectivity index (χ0v) is 19.7. The topological polar surface area (TPSA) is 94.2 Å². The number of aromatic amines is 1. The minimum absolute atomic E-state index is 0.292. The maximum atomic E-state index is 13.2. The van der Waals surface area contributed by atoms with E-state index in [2.05, 4.69) is 33.9 Å². The number of H-pyrrole nitrogens is 1. The third kappa shape index (κ3) is 3.57. The number of nitrogens with zero attached hydrogens (tertiary/aromatic N) is 4. The average molecular weight is 467 g/mol. The molecule has 0 saturated carbocycles. The van der Waals surface area contributed by atoms with Gasteiger partial charge >= 0.3 is 0 Å². The maximum Gasteiger partial charge on any atom is 0.261 e. The van der Waals surface area contributed by atoms with Gasteiger partial charge in [0.05, 0.1) is 22.4 Å². The highest BCUT2D eigenvalue weighted by Gasteiger charge is 2.36. The fourth-order valence-electron chi connectivity index (χ4n) is 5.05. The lowest BCUT2D eigenvalue weighted by Gasteiger charge is -2.37. The summed E-state index contributed by atoms with van der Waals surface area (Å²) >= 11 is 0. The summed E-state index contributed by atoms with van der Waals surface area (Å²) in [4.78, 5) is 43.8. The van der Waals surface area contributed by atoms with Crippen molar-refractivity contribution >= 4 is 50.7 Å². The molecule has 2 N–H and O–H groups in total. The van der Waals surface area contributed by atoms with E-state index in [1.54, 1.807) is 6.20 Å². The van der Waals surface area contributed by atoms with E-state index in [1.807, 2.05) is 48.5 Å². The Morgan fingerprint density at radius 3 is 2.29 bits per heavy atom. The largest absolute Gasteiger partial charge is 0.361 e. The van der Waals surface area contributed by atoms with Crippen molar-refractivity contribution < 1.29 is 9.59 Å². The number of piperazine rings is 1. The number of hydrogen-bond acceptors (Lipinski definition) is 6. The molecule has 176 valence electrons. The molecule has 4 aromatic rings. The number of amides is 2. The average Bonchev–Trinajstić information content (AvgIpc) is 3.42. The van der Waals surface area contributed by atoms with E-state index < -0.39 is 11.8 Å². The Bertz CT molecular complexity index is 1510. The SMILES string of the molecule is CC(C)N1CCN(c2nc(C3=C(c4c[nH]c5ccccc45)C(=O)NC3=O)c3ccccc3n2)CC1. The highest BCUT2D eigenvalue weighted by molar-refractivity contribution is 6.50. The van der Waals surface area contributed by atoms with Crippen LogP contribution in [0.2, 0.25) is 0 Å². The van der Waals surface area contributed by atoms with Crippen molar-refractivity contribution in [3.8, 4) is 0 Å². The van der Waals surface area contributed by atoms with Gasteiger partial charge in [-0.15, -0.1) is 0 Å². The summed E-state index contributed by atoms with van der Waals surface area (Å²) in [5, 5.41) is 4.13. The second-order valence-corrected chi connectivity index (χ2v) is 9.29. The summed E-state index contributed by atoms with van der Waals surface area (Å²) in [6, 6.07) is 15.9. The molecule has 0 bridgehead atoms. The molecular weight excluding hydrogens is 440 g/mol. The van der Waals surface area contributed by atoms with Crippen LogP contribution in [0.25, 0.3) is 33.0 Å². The summed E-state index contributed by atoms with van der Waals surface area (Å²) in [6.45, 7) is 7.85. The van der Waals surface area contributed by atoms with Crippen LogP contribution in [0.15, 0.2) is 54.7 Å². The molecule has 0 aliphatic carbocycles. The first kappa shape index (κ1) is 21.5. The molecule has 35 heavy (non-hydrogen) atoms. The summed E-state index contributed by atoms with van der Waals surface area (Å²) in [6.07, 6.45) is 1.79. The van der Waals surface area contributed by atoms with Crippen LogP contribution in [0.1, 0.15) is 25.1 Å². The number of nitrogens with one attached hydrogen (secondary N) is 2. The fraction of sp³-hybridized carbons (Fsp3) is 0.259. The molecule has 2 aromatic heterocycles. The Kier molecular flexibility index (Phi) is 5.11. The maximum absolute atomic E-state index is 13.2. The lowest BCUT2D eigenvalue weighted by atomic mass is 9.97. The molecule has 2 amide bonds. The van der Waals surface area contributed by atoms with Gasteiger partial charge in [0.1, 0.15) is 0 Å². The van der Waals surface area contributed by atoms with Crippen molar-refractivity contribution in [3.63, 3.8) is 0 Å². The first-order valence-electron chi connectivity index (χ1n) is 11.9. The molecular formula is C27H26N6O2. The molecule has 8 heteroatoms. The quantitative estimate of drug-likeness (QED) is 0.449. The molecule has 6 rings (SSSR count). The second kappa shape index (κ2) is 8.32. The number of carbonyl (C=O) groups excluding carboxylic acids is 2. The zero-order valence-electron chi connectivity index (χ0n) is 19.7. The Balaban J connectivity index is 1.54. The number of benzene rings is 2. The zero-order chi connectivity index (χ0) is 24.1. The van der Waals surface area contributed by atoms with Gasteiger partial charge in [0.25, 0.3) is 11.8 Å².